The molecule has 0 fully saturated rings. The predicted molar refractivity (Wildman–Crippen MR) is 42.5 cm³/mol. The third kappa shape index (κ3) is 4.12. The summed E-state index contributed by atoms with van der Waals surface area (Å²) in [6.07, 6.45) is 0. The van der Waals surface area contributed by atoms with Gasteiger partial charge < -0.3 is 10.4 Å². The van der Waals surface area contributed by atoms with E-state index in [0.717, 1.165) is 5.57 Å². The van der Waals surface area contributed by atoms with E-state index in [1.54, 1.807) is 0 Å². The summed E-state index contributed by atoms with van der Waals surface area (Å²) in [6.45, 7) is 6.06. The third-order valence-electron chi connectivity index (χ3n) is 0.785. The normalized spacial score (nSPS) is 8.67. The number of rotatable bonds is 3. The first-order valence-electron chi connectivity index (χ1n) is 2.73. The van der Waals surface area contributed by atoms with Crippen LogP contribution in [0.1, 0.15) is 6.92 Å². The second-order valence-corrected chi connectivity index (χ2v) is 2.17. The van der Waals surface area contributed by atoms with E-state index in [4.69, 9.17) is 17.3 Å². The van der Waals surface area contributed by atoms with Crippen LogP contribution in [0.5, 0.6) is 0 Å². The van der Waals surface area contributed by atoms with Crippen LogP contribution in [0.15, 0.2) is 12.2 Å². The standard InChI is InChI=1S/C6H11NOS/c1-5(2)6(9)7-3-4-8/h8H,1,3-4H2,2H3,(H,7,9). The zero-order chi connectivity index (χ0) is 7.28. The van der Waals surface area contributed by atoms with Crippen molar-refractivity contribution in [1.82, 2.24) is 5.32 Å². The Hall–Kier alpha value is -0.410. The first-order valence-corrected chi connectivity index (χ1v) is 3.14. The molecular formula is C6H11NOS. The van der Waals surface area contributed by atoms with Gasteiger partial charge in [0.2, 0.25) is 0 Å². The van der Waals surface area contributed by atoms with Gasteiger partial charge in [-0.05, 0) is 12.5 Å². The van der Waals surface area contributed by atoms with E-state index in [1.165, 1.54) is 0 Å². The van der Waals surface area contributed by atoms with E-state index < -0.39 is 0 Å². The van der Waals surface area contributed by atoms with Gasteiger partial charge in [-0.15, -0.1) is 0 Å². The highest BCUT2D eigenvalue weighted by atomic mass is 32.1. The number of aliphatic hydroxyl groups excluding tert-OH is 1. The minimum Gasteiger partial charge on any atom is -0.395 e. The fourth-order valence-corrected chi connectivity index (χ4v) is 0.422. The minimum absolute atomic E-state index is 0.105. The second kappa shape index (κ2) is 4.47. The number of aliphatic hydroxyl groups is 1. The van der Waals surface area contributed by atoms with Crippen molar-refractivity contribution < 1.29 is 5.11 Å². The Bertz CT molecular complexity index is 122. The smallest absolute Gasteiger partial charge is 0.101 e. The molecule has 0 spiro atoms. The van der Waals surface area contributed by atoms with Gasteiger partial charge in [0, 0.05) is 6.54 Å². The molecule has 0 aliphatic heterocycles. The number of thiocarbonyl (C=S) groups is 1. The van der Waals surface area contributed by atoms with Crippen molar-refractivity contribution in [1.29, 1.82) is 0 Å². The average Bonchev–Trinajstić information content (AvgIpc) is 1.82. The average molecular weight is 145 g/mol. The van der Waals surface area contributed by atoms with Gasteiger partial charge in [0.05, 0.1) is 6.61 Å². The number of hydrogen-bond donors (Lipinski definition) is 2. The van der Waals surface area contributed by atoms with Crippen LogP contribution in [-0.2, 0) is 0 Å². The zero-order valence-corrected chi connectivity index (χ0v) is 6.29. The topological polar surface area (TPSA) is 32.3 Å². The highest BCUT2D eigenvalue weighted by molar-refractivity contribution is 7.80. The molecule has 0 aliphatic carbocycles. The van der Waals surface area contributed by atoms with E-state index in [-0.39, 0.29) is 6.61 Å². The van der Waals surface area contributed by atoms with E-state index >= 15 is 0 Å². The van der Waals surface area contributed by atoms with Crippen LogP contribution in [0.3, 0.4) is 0 Å². The molecule has 2 N–H and O–H groups in total. The van der Waals surface area contributed by atoms with Crippen molar-refractivity contribution in [2.75, 3.05) is 13.2 Å². The monoisotopic (exact) mass is 145 g/mol. The lowest BCUT2D eigenvalue weighted by molar-refractivity contribution is 0.301. The van der Waals surface area contributed by atoms with Gasteiger partial charge in [0.1, 0.15) is 4.99 Å². The largest absolute Gasteiger partial charge is 0.395 e. The molecule has 52 valence electrons. The van der Waals surface area contributed by atoms with Gasteiger partial charge in [-0.3, -0.25) is 0 Å². The third-order valence-corrected chi connectivity index (χ3v) is 1.28. The lowest BCUT2D eigenvalue weighted by atomic mass is 10.3. The molecule has 0 aromatic heterocycles. The molecule has 0 aliphatic rings. The molecule has 0 bridgehead atoms. The first-order chi connectivity index (χ1) is 4.18. The Morgan fingerprint density at radius 1 is 1.78 bits per heavy atom. The van der Waals surface area contributed by atoms with Gasteiger partial charge in [-0.1, -0.05) is 18.8 Å². The maximum atomic E-state index is 8.35. The van der Waals surface area contributed by atoms with Crippen LogP contribution in [0, 0.1) is 0 Å². The summed E-state index contributed by atoms with van der Waals surface area (Å²) < 4.78 is 0. The summed E-state index contributed by atoms with van der Waals surface area (Å²) in [5.74, 6) is 0. The van der Waals surface area contributed by atoms with Crippen molar-refractivity contribution in [3.05, 3.63) is 12.2 Å². The van der Waals surface area contributed by atoms with Crippen LogP contribution in [-0.4, -0.2) is 23.2 Å². The molecule has 0 heterocycles. The highest BCUT2D eigenvalue weighted by Gasteiger charge is 1.91. The Labute approximate surface area is 60.6 Å². The van der Waals surface area contributed by atoms with Crippen molar-refractivity contribution in [2.24, 2.45) is 0 Å². The molecule has 0 amide bonds. The molecule has 0 radical (unpaired) electrons. The van der Waals surface area contributed by atoms with Crippen LogP contribution in [0.4, 0.5) is 0 Å². The van der Waals surface area contributed by atoms with Gasteiger partial charge in [0.25, 0.3) is 0 Å². The maximum Gasteiger partial charge on any atom is 0.101 e. The molecule has 0 saturated carbocycles. The number of nitrogens with one attached hydrogen (secondary N) is 1. The lowest BCUT2D eigenvalue weighted by Crippen LogP contribution is -2.24. The molecule has 0 rings (SSSR count). The highest BCUT2D eigenvalue weighted by Crippen LogP contribution is 1.87. The van der Waals surface area contributed by atoms with Gasteiger partial charge in [-0.2, -0.15) is 0 Å². The quantitative estimate of drug-likeness (QED) is 0.447. The van der Waals surface area contributed by atoms with Gasteiger partial charge in [-0.25, -0.2) is 0 Å². The van der Waals surface area contributed by atoms with E-state index in [2.05, 4.69) is 11.9 Å². The zero-order valence-electron chi connectivity index (χ0n) is 5.48. The van der Waals surface area contributed by atoms with Crippen LogP contribution in [0.2, 0.25) is 0 Å². The molecule has 0 aromatic rings. The summed E-state index contributed by atoms with van der Waals surface area (Å²) in [5.41, 5.74) is 0.832. The van der Waals surface area contributed by atoms with Gasteiger partial charge >= 0.3 is 0 Å². The van der Waals surface area contributed by atoms with Crippen molar-refractivity contribution in [3.8, 4) is 0 Å². The summed E-state index contributed by atoms with van der Waals surface area (Å²) in [5, 5.41) is 11.2. The summed E-state index contributed by atoms with van der Waals surface area (Å²) >= 11 is 4.82. The second-order valence-electron chi connectivity index (χ2n) is 1.76. The Morgan fingerprint density at radius 2 is 2.33 bits per heavy atom. The summed E-state index contributed by atoms with van der Waals surface area (Å²) in [7, 11) is 0. The fraction of sp³-hybridized carbons (Fsp3) is 0.500. The van der Waals surface area contributed by atoms with Crippen molar-refractivity contribution in [3.63, 3.8) is 0 Å². The molecule has 0 atom stereocenters. The minimum atomic E-state index is 0.105. The fourth-order valence-electron chi connectivity index (χ4n) is 0.320. The predicted octanol–water partition coefficient (Wildman–Crippen LogP) is 0.472. The van der Waals surface area contributed by atoms with E-state index in [9.17, 15) is 0 Å². The first kappa shape index (κ1) is 8.59. The SMILES string of the molecule is C=C(C)C(=S)NCCO. The molecule has 3 heteroatoms. The van der Waals surface area contributed by atoms with Crippen LogP contribution in [0.25, 0.3) is 0 Å². The number of hydrogen-bond acceptors (Lipinski definition) is 2. The Kier molecular flexibility index (Phi) is 4.26. The van der Waals surface area contributed by atoms with E-state index in [0.29, 0.717) is 11.5 Å². The van der Waals surface area contributed by atoms with Crippen LogP contribution >= 0.6 is 12.2 Å². The molecular weight excluding hydrogens is 134 g/mol. The van der Waals surface area contributed by atoms with E-state index in [1.807, 2.05) is 6.92 Å². The molecule has 0 unspecified atom stereocenters. The summed E-state index contributed by atoms with van der Waals surface area (Å²) in [4.78, 5) is 0.629. The maximum absolute atomic E-state index is 8.35. The van der Waals surface area contributed by atoms with Gasteiger partial charge in [0.15, 0.2) is 0 Å². The molecule has 9 heavy (non-hydrogen) atoms. The van der Waals surface area contributed by atoms with Crippen molar-refractivity contribution >= 4 is 17.2 Å². The molecule has 0 saturated heterocycles. The van der Waals surface area contributed by atoms with Crippen LogP contribution < -0.4 is 5.32 Å². The Morgan fingerprint density at radius 3 is 2.67 bits per heavy atom. The molecule has 2 nitrogen and oxygen atoms in total. The Balaban J connectivity index is 3.39. The summed E-state index contributed by atoms with van der Waals surface area (Å²) in [6, 6.07) is 0. The lowest BCUT2D eigenvalue weighted by Gasteiger charge is -2.03. The van der Waals surface area contributed by atoms with Crippen molar-refractivity contribution in [2.45, 2.75) is 6.92 Å². The molecule has 0 aromatic carbocycles.